The summed E-state index contributed by atoms with van der Waals surface area (Å²) >= 11 is 0. The van der Waals surface area contributed by atoms with Crippen molar-refractivity contribution in [2.45, 2.75) is 72.7 Å². The molecule has 2 bridgehead atoms. The molecule has 0 aromatic carbocycles. The van der Waals surface area contributed by atoms with Crippen molar-refractivity contribution in [1.29, 1.82) is 0 Å². The Kier molecular flexibility index (Phi) is 4.58. The van der Waals surface area contributed by atoms with Crippen molar-refractivity contribution >= 4 is 11.8 Å². The van der Waals surface area contributed by atoms with Gasteiger partial charge in [0.25, 0.3) is 0 Å². The topological polar surface area (TPSA) is 83.8 Å². The average Bonchev–Trinajstić information content (AvgIpc) is 3.17. The Morgan fingerprint density at radius 1 is 1.27 bits per heavy atom. The fourth-order valence-electron chi connectivity index (χ4n) is 6.89. The van der Waals surface area contributed by atoms with Crippen LogP contribution in [0.1, 0.15) is 54.9 Å². The van der Waals surface area contributed by atoms with E-state index >= 15 is 0 Å². The minimum atomic E-state index is -1.92. The predicted octanol–water partition coefficient (Wildman–Crippen LogP) is 3.36. The largest absolute Gasteiger partial charge is 0.451 e. The zero-order valence-corrected chi connectivity index (χ0v) is 19.0. The normalized spacial score (nSPS) is 46.7. The van der Waals surface area contributed by atoms with Crippen LogP contribution in [0.5, 0.6) is 0 Å². The highest BCUT2D eigenvalue weighted by Crippen LogP contribution is 2.71. The van der Waals surface area contributed by atoms with Gasteiger partial charge < -0.3 is 14.9 Å². The van der Waals surface area contributed by atoms with Crippen molar-refractivity contribution in [3.8, 4) is 0 Å². The van der Waals surface area contributed by atoms with E-state index in [1.807, 2.05) is 19.1 Å². The van der Waals surface area contributed by atoms with Crippen molar-refractivity contribution in [1.82, 2.24) is 0 Å². The van der Waals surface area contributed by atoms with E-state index in [-0.39, 0.29) is 29.0 Å². The van der Waals surface area contributed by atoms with E-state index in [1.54, 1.807) is 33.8 Å². The van der Waals surface area contributed by atoms with Gasteiger partial charge in [-0.3, -0.25) is 4.79 Å². The summed E-state index contributed by atoms with van der Waals surface area (Å²) in [4.78, 5) is 26.7. The lowest BCUT2D eigenvalue weighted by Gasteiger charge is -2.48. The lowest BCUT2D eigenvalue weighted by molar-refractivity contribution is -0.201. The average molecular weight is 415 g/mol. The Morgan fingerprint density at radius 3 is 2.50 bits per heavy atom. The van der Waals surface area contributed by atoms with Gasteiger partial charge in [-0.15, -0.1) is 0 Å². The van der Waals surface area contributed by atoms with Crippen LogP contribution in [0.2, 0.25) is 0 Å². The molecule has 30 heavy (non-hydrogen) atoms. The maximum absolute atomic E-state index is 14.1. The van der Waals surface area contributed by atoms with Crippen LogP contribution in [0.3, 0.4) is 0 Å². The molecule has 4 aliphatic carbocycles. The summed E-state index contributed by atoms with van der Waals surface area (Å²) in [5, 5.41) is 23.6. The molecule has 0 unspecified atom stereocenters. The molecule has 4 rings (SSSR count). The van der Waals surface area contributed by atoms with Crippen LogP contribution in [0.4, 0.5) is 0 Å². The SMILES string of the molecule is CC=C(C)C(=O)O[C@H]1C(C)=C[C@]23C(=O)[C@H](C=C(C)[C@@H](O)[C@]12O)[C@H]1[C@@H](C[C@H]3C)C1(C)C. The van der Waals surface area contributed by atoms with Crippen LogP contribution in [0.15, 0.2) is 34.9 Å². The molecule has 0 aliphatic heterocycles. The Balaban J connectivity index is 1.89. The zero-order chi connectivity index (χ0) is 22.4. The molecule has 164 valence electrons. The molecular formula is C25H34O5. The Bertz CT molecular complexity index is 908. The van der Waals surface area contributed by atoms with Gasteiger partial charge in [-0.2, -0.15) is 0 Å². The molecular weight excluding hydrogens is 380 g/mol. The molecule has 2 N–H and O–H groups in total. The Hall–Kier alpha value is -1.72. The number of ketones is 1. The number of hydrogen-bond donors (Lipinski definition) is 2. The molecule has 2 fully saturated rings. The van der Waals surface area contributed by atoms with Gasteiger partial charge in [0.1, 0.15) is 6.10 Å². The number of carbonyl (C=O) groups is 2. The molecule has 0 aromatic rings. The first-order valence-electron chi connectivity index (χ1n) is 11.0. The highest BCUT2D eigenvalue weighted by Gasteiger charge is 2.76. The minimum Gasteiger partial charge on any atom is -0.451 e. The highest BCUT2D eigenvalue weighted by molar-refractivity contribution is 5.95. The maximum atomic E-state index is 14.1. The fraction of sp³-hybridized carbons (Fsp3) is 0.680. The molecule has 1 spiro atoms. The molecule has 0 amide bonds. The zero-order valence-electron chi connectivity index (χ0n) is 19.0. The summed E-state index contributed by atoms with van der Waals surface area (Å²) in [6.07, 6.45) is 3.74. The van der Waals surface area contributed by atoms with Gasteiger partial charge in [0.05, 0.1) is 5.41 Å². The van der Waals surface area contributed by atoms with Gasteiger partial charge in [-0.05, 0) is 68.4 Å². The van der Waals surface area contributed by atoms with Crippen molar-refractivity contribution in [3.63, 3.8) is 0 Å². The van der Waals surface area contributed by atoms with Crippen LogP contribution >= 0.6 is 0 Å². The number of esters is 1. The van der Waals surface area contributed by atoms with Crippen molar-refractivity contribution in [2.75, 3.05) is 0 Å². The van der Waals surface area contributed by atoms with E-state index < -0.39 is 29.2 Å². The van der Waals surface area contributed by atoms with Crippen LogP contribution < -0.4 is 0 Å². The Morgan fingerprint density at radius 2 is 1.90 bits per heavy atom. The lowest BCUT2D eigenvalue weighted by atomic mass is 9.59. The smallest absolute Gasteiger partial charge is 0.334 e. The van der Waals surface area contributed by atoms with E-state index in [0.717, 1.165) is 6.42 Å². The van der Waals surface area contributed by atoms with Gasteiger partial charge in [0.2, 0.25) is 0 Å². The molecule has 0 radical (unpaired) electrons. The van der Waals surface area contributed by atoms with Gasteiger partial charge in [0.15, 0.2) is 17.5 Å². The third kappa shape index (κ3) is 2.36. The first-order valence-corrected chi connectivity index (χ1v) is 11.0. The molecule has 5 heteroatoms. The van der Waals surface area contributed by atoms with Gasteiger partial charge in [0, 0.05) is 11.5 Å². The molecule has 0 saturated heterocycles. The van der Waals surface area contributed by atoms with E-state index in [0.29, 0.717) is 22.6 Å². The lowest BCUT2D eigenvalue weighted by Crippen LogP contribution is -2.65. The third-order valence-electron chi connectivity index (χ3n) is 8.82. The van der Waals surface area contributed by atoms with E-state index in [2.05, 4.69) is 13.8 Å². The van der Waals surface area contributed by atoms with Crippen LogP contribution in [0, 0.1) is 34.5 Å². The molecule has 8 atom stereocenters. The van der Waals surface area contributed by atoms with Gasteiger partial charge in [-0.25, -0.2) is 4.79 Å². The number of aliphatic hydroxyl groups is 2. The maximum Gasteiger partial charge on any atom is 0.334 e. The predicted molar refractivity (Wildman–Crippen MR) is 113 cm³/mol. The fourth-order valence-corrected chi connectivity index (χ4v) is 6.89. The second-order valence-corrected chi connectivity index (χ2v) is 10.6. The van der Waals surface area contributed by atoms with Gasteiger partial charge in [-0.1, -0.05) is 39.0 Å². The number of aliphatic hydroxyl groups excluding tert-OH is 1. The van der Waals surface area contributed by atoms with E-state index in [9.17, 15) is 19.8 Å². The molecule has 0 heterocycles. The molecule has 4 aliphatic rings. The quantitative estimate of drug-likeness (QED) is 0.411. The number of fused-ring (bicyclic) bond motifs is 3. The van der Waals surface area contributed by atoms with Crippen molar-refractivity contribution in [3.05, 3.63) is 34.9 Å². The summed E-state index contributed by atoms with van der Waals surface area (Å²) in [6.45, 7) is 13.3. The number of carbonyl (C=O) groups excluding carboxylic acids is 2. The van der Waals surface area contributed by atoms with Crippen LogP contribution in [0.25, 0.3) is 0 Å². The number of Topliss-reactive ketones (excluding diaryl/α,β-unsaturated/α-hetero) is 1. The second kappa shape index (κ2) is 6.39. The molecule has 5 nitrogen and oxygen atoms in total. The summed E-state index contributed by atoms with van der Waals surface area (Å²) in [5.74, 6) is -0.541. The highest BCUT2D eigenvalue weighted by atomic mass is 16.6. The Labute approximate surface area is 178 Å². The minimum absolute atomic E-state index is 0.0490. The monoisotopic (exact) mass is 414 g/mol. The summed E-state index contributed by atoms with van der Waals surface area (Å²) < 4.78 is 5.76. The van der Waals surface area contributed by atoms with E-state index in [1.165, 1.54) is 0 Å². The molecule has 0 aromatic heterocycles. The van der Waals surface area contributed by atoms with E-state index in [4.69, 9.17) is 4.74 Å². The van der Waals surface area contributed by atoms with Crippen molar-refractivity contribution < 1.29 is 24.5 Å². The number of ether oxygens (including phenoxy) is 1. The summed E-state index contributed by atoms with van der Waals surface area (Å²) in [6, 6.07) is 0. The standard InChI is InChI=1S/C25H34O5/c1-8-12(2)22(28)30-21-14(4)11-24-15(5)10-17-18(23(17,6)7)16(20(24)27)9-13(3)19(26)25(21,24)29/h8-9,11,15-19,21,26,29H,10H2,1-7H3/t15-,16-,17-,18+,19-,21+,24+,25+/m1/s1. The first kappa shape index (κ1) is 21.5. The third-order valence-corrected chi connectivity index (χ3v) is 8.82. The summed E-state index contributed by atoms with van der Waals surface area (Å²) in [5.41, 5.74) is -1.53. The molecule has 2 saturated carbocycles. The van der Waals surface area contributed by atoms with Crippen LogP contribution in [-0.4, -0.2) is 39.8 Å². The van der Waals surface area contributed by atoms with Crippen LogP contribution in [-0.2, 0) is 14.3 Å². The number of allylic oxidation sites excluding steroid dienone is 2. The summed E-state index contributed by atoms with van der Waals surface area (Å²) in [7, 11) is 0. The van der Waals surface area contributed by atoms with Gasteiger partial charge >= 0.3 is 5.97 Å². The van der Waals surface area contributed by atoms with Crippen molar-refractivity contribution in [2.24, 2.45) is 34.5 Å². The number of rotatable bonds is 2. The number of hydrogen-bond acceptors (Lipinski definition) is 5. The second-order valence-electron chi connectivity index (χ2n) is 10.6. The first-order chi connectivity index (χ1) is 13.9.